The highest BCUT2D eigenvalue weighted by Gasteiger charge is 2.22. The molecule has 2 atom stereocenters. The van der Waals surface area contributed by atoms with E-state index >= 15 is 0 Å². The Hall–Kier alpha value is -0.610. The van der Waals surface area contributed by atoms with E-state index in [2.05, 4.69) is 6.92 Å². The van der Waals surface area contributed by atoms with E-state index in [1.807, 2.05) is 7.05 Å². The largest absolute Gasteiger partial charge is 0.381 e. The molecule has 1 fully saturated rings. The number of carbonyl (C=O) groups is 1. The summed E-state index contributed by atoms with van der Waals surface area (Å²) in [7, 11) is 1.85. The first-order valence-corrected chi connectivity index (χ1v) is 6.73. The summed E-state index contributed by atoms with van der Waals surface area (Å²) >= 11 is 0. The number of unbranched alkanes of at least 4 members (excludes halogenated alkanes) is 1. The molecule has 1 amide bonds. The molecule has 0 aromatic carbocycles. The molecule has 0 aromatic rings. The van der Waals surface area contributed by atoms with Crippen LogP contribution < -0.4 is 5.73 Å². The van der Waals surface area contributed by atoms with Gasteiger partial charge in [0.1, 0.15) is 0 Å². The van der Waals surface area contributed by atoms with Crippen molar-refractivity contribution >= 4 is 5.91 Å². The summed E-state index contributed by atoms with van der Waals surface area (Å²) in [6.07, 6.45) is 5.16. The molecule has 1 aliphatic rings. The third-order valence-corrected chi connectivity index (χ3v) is 3.35. The molecule has 1 heterocycles. The van der Waals surface area contributed by atoms with Gasteiger partial charge < -0.3 is 15.4 Å². The number of hydrogen-bond donors (Lipinski definition) is 1. The number of hydrogen-bond acceptors (Lipinski definition) is 3. The SMILES string of the molecule is CCCCC(N)C(=O)N(C)CC1CCCOC1. The molecule has 17 heavy (non-hydrogen) atoms. The van der Waals surface area contributed by atoms with Gasteiger partial charge in [0.25, 0.3) is 0 Å². The minimum atomic E-state index is -0.329. The zero-order valence-corrected chi connectivity index (χ0v) is 11.2. The number of ether oxygens (including phenoxy) is 1. The number of nitrogens with zero attached hydrogens (tertiary/aromatic N) is 1. The van der Waals surface area contributed by atoms with Crippen molar-refractivity contribution in [2.24, 2.45) is 11.7 Å². The first-order valence-electron chi connectivity index (χ1n) is 6.73. The Balaban J connectivity index is 2.29. The van der Waals surface area contributed by atoms with Gasteiger partial charge >= 0.3 is 0 Å². The lowest BCUT2D eigenvalue weighted by Gasteiger charge is -2.28. The molecule has 2 unspecified atom stereocenters. The van der Waals surface area contributed by atoms with Crippen LogP contribution in [0.2, 0.25) is 0 Å². The van der Waals surface area contributed by atoms with Crippen LogP contribution in [-0.4, -0.2) is 43.7 Å². The average molecular weight is 242 g/mol. The van der Waals surface area contributed by atoms with Gasteiger partial charge in [-0.2, -0.15) is 0 Å². The Morgan fingerprint density at radius 1 is 1.59 bits per heavy atom. The van der Waals surface area contributed by atoms with E-state index in [9.17, 15) is 4.79 Å². The number of carbonyl (C=O) groups excluding carboxylic acids is 1. The summed E-state index contributed by atoms with van der Waals surface area (Å²) in [5, 5.41) is 0. The van der Waals surface area contributed by atoms with Gasteiger partial charge in [0.2, 0.25) is 5.91 Å². The Kier molecular flexibility index (Phi) is 6.52. The van der Waals surface area contributed by atoms with E-state index in [4.69, 9.17) is 10.5 Å². The van der Waals surface area contributed by atoms with Crippen LogP contribution in [0.1, 0.15) is 39.0 Å². The van der Waals surface area contributed by atoms with Crippen molar-refractivity contribution in [2.45, 2.75) is 45.1 Å². The van der Waals surface area contributed by atoms with Crippen LogP contribution in [0.25, 0.3) is 0 Å². The number of likely N-dealkylation sites (N-methyl/N-ethyl adjacent to an activating group) is 1. The molecule has 0 radical (unpaired) electrons. The van der Waals surface area contributed by atoms with Gasteiger partial charge in [0, 0.05) is 20.2 Å². The summed E-state index contributed by atoms with van der Waals surface area (Å²) in [5.74, 6) is 0.556. The van der Waals surface area contributed by atoms with Crippen molar-refractivity contribution in [1.29, 1.82) is 0 Å². The molecule has 0 saturated carbocycles. The van der Waals surface area contributed by atoms with Gasteiger partial charge in [-0.3, -0.25) is 4.79 Å². The Labute approximate surface area is 104 Å². The molecule has 1 saturated heterocycles. The van der Waals surface area contributed by atoms with Crippen molar-refractivity contribution in [3.63, 3.8) is 0 Å². The second-order valence-electron chi connectivity index (χ2n) is 5.05. The van der Waals surface area contributed by atoms with Crippen molar-refractivity contribution in [3.8, 4) is 0 Å². The van der Waals surface area contributed by atoms with Gasteiger partial charge in [-0.25, -0.2) is 0 Å². The maximum Gasteiger partial charge on any atom is 0.239 e. The fraction of sp³-hybridized carbons (Fsp3) is 0.923. The van der Waals surface area contributed by atoms with Crippen molar-refractivity contribution in [2.75, 3.05) is 26.8 Å². The standard InChI is InChI=1S/C13H26N2O2/c1-3-4-7-12(14)13(16)15(2)9-11-6-5-8-17-10-11/h11-12H,3-10,14H2,1-2H3. The predicted molar refractivity (Wildman–Crippen MR) is 68.7 cm³/mol. The molecule has 2 N–H and O–H groups in total. The van der Waals surface area contributed by atoms with Gasteiger partial charge in [-0.15, -0.1) is 0 Å². The summed E-state index contributed by atoms with van der Waals surface area (Å²) in [5.41, 5.74) is 5.89. The van der Waals surface area contributed by atoms with E-state index < -0.39 is 0 Å². The summed E-state index contributed by atoms with van der Waals surface area (Å²) in [6, 6.07) is -0.329. The zero-order chi connectivity index (χ0) is 12.7. The Morgan fingerprint density at radius 2 is 2.35 bits per heavy atom. The highest BCUT2D eigenvalue weighted by molar-refractivity contribution is 5.81. The third-order valence-electron chi connectivity index (χ3n) is 3.35. The van der Waals surface area contributed by atoms with Crippen molar-refractivity contribution < 1.29 is 9.53 Å². The summed E-state index contributed by atoms with van der Waals surface area (Å²) in [6.45, 7) is 4.53. The molecule has 0 spiro atoms. The molecule has 1 aliphatic heterocycles. The third kappa shape index (κ3) is 5.04. The normalized spacial score (nSPS) is 22.2. The summed E-state index contributed by atoms with van der Waals surface area (Å²) in [4.78, 5) is 13.8. The predicted octanol–water partition coefficient (Wildman–Crippen LogP) is 1.39. The monoisotopic (exact) mass is 242 g/mol. The smallest absolute Gasteiger partial charge is 0.239 e. The van der Waals surface area contributed by atoms with E-state index in [-0.39, 0.29) is 11.9 Å². The van der Waals surface area contributed by atoms with E-state index in [1.165, 1.54) is 0 Å². The van der Waals surface area contributed by atoms with Crippen LogP contribution in [0.3, 0.4) is 0 Å². The first-order chi connectivity index (χ1) is 8.15. The number of amides is 1. The minimum absolute atomic E-state index is 0.0732. The fourth-order valence-corrected chi connectivity index (χ4v) is 2.26. The van der Waals surface area contributed by atoms with E-state index in [0.29, 0.717) is 5.92 Å². The lowest BCUT2D eigenvalue weighted by Crippen LogP contribution is -2.44. The van der Waals surface area contributed by atoms with Crippen molar-refractivity contribution in [1.82, 2.24) is 4.90 Å². The molecular weight excluding hydrogens is 216 g/mol. The second kappa shape index (κ2) is 7.67. The van der Waals surface area contributed by atoms with Gasteiger partial charge in [0.05, 0.1) is 12.6 Å². The fourth-order valence-electron chi connectivity index (χ4n) is 2.26. The Morgan fingerprint density at radius 3 is 2.94 bits per heavy atom. The molecule has 0 aliphatic carbocycles. The lowest BCUT2D eigenvalue weighted by molar-refractivity contribution is -0.132. The van der Waals surface area contributed by atoms with Crippen LogP contribution in [0.5, 0.6) is 0 Å². The van der Waals surface area contributed by atoms with Crippen LogP contribution in [0.4, 0.5) is 0 Å². The van der Waals surface area contributed by atoms with Crippen LogP contribution >= 0.6 is 0 Å². The lowest BCUT2D eigenvalue weighted by atomic mass is 10.0. The van der Waals surface area contributed by atoms with Crippen molar-refractivity contribution in [3.05, 3.63) is 0 Å². The second-order valence-corrected chi connectivity index (χ2v) is 5.05. The van der Waals surface area contributed by atoms with E-state index in [1.54, 1.807) is 4.90 Å². The topological polar surface area (TPSA) is 55.6 Å². The molecule has 4 heteroatoms. The molecule has 1 rings (SSSR count). The van der Waals surface area contributed by atoms with Gasteiger partial charge in [-0.05, 0) is 25.2 Å². The Bertz CT molecular complexity index is 227. The number of nitrogens with two attached hydrogens (primary N) is 1. The highest BCUT2D eigenvalue weighted by Crippen LogP contribution is 2.15. The molecule has 4 nitrogen and oxygen atoms in total. The highest BCUT2D eigenvalue weighted by atomic mass is 16.5. The first kappa shape index (κ1) is 14.5. The minimum Gasteiger partial charge on any atom is -0.381 e. The molecular formula is C13H26N2O2. The zero-order valence-electron chi connectivity index (χ0n) is 11.2. The van der Waals surface area contributed by atoms with Crippen LogP contribution in [-0.2, 0) is 9.53 Å². The maximum atomic E-state index is 12.0. The maximum absolute atomic E-state index is 12.0. The van der Waals surface area contributed by atoms with Gasteiger partial charge in [-0.1, -0.05) is 19.8 Å². The average Bonchev–Trinajstić information content (AvgIpc) is 2.36. The molecule has 0 aromatic heterocycles. The molecule has 0 bridgehead atoms. The number of rotatable bonds is 6. The van der Waals surface area contributed by atoms with Crippen LogP contribution in [0.15, 0.2) is 0 Å². The quantitative estimate of drug-likeness (QED) is 0.765. The van der Waals surface area contributed by atoms with Gasteiger partial charge in [0.15, 0.2) is 0 Å². The summed E-state index contributed by atoms with van der Waals surface area (Å²) < 4.78 is 5.42. The molecule has 100 valence electrons. The van der Waals surface area contributed by atoms with Crippen LogP contribution in [0, 0.1) is 5.92 Å². The van der Waals surface area contributed by atoms with E-state index in [0.717, 1.165) is 51.9 Å².